The Labute approximate surface area is 129 Å². The normalized spacial score (nSPS) is 19.3. The van der Waals surface area contributed by atoms with E-state index in [1.54, 1.807) is 0 Å². The Kier molecular flexibility index (Phi) is 5.44. The molecule has 4 nitrogen and oxygen atoms in total. The topological polar surface area (TPSA) is 41.3 Å². The summed E-state index contributed by atoms with van der Waals surface area (Å²) in [7, 11) is 0. The molecule has 1 aliphatic carbocycles. The Hall–Kier alpha value is -0.870. The number of likely N-dealkylation sites (N-methyl/N-ethyl adjacent to an activating group) is 1. The second kappa shape index (κ2) is 6.93. The van der Waals surface area contributed by atoms with E-state index < -0.39 is 0 Å². The molecule has 4 heteroatoms. The van der Waals surface area contributed by atoms with Crippen LogP contribution in [0, 0.1) is 6.92 Å². The zero-order chi connectivity index (χ0) is 15.5. The van der Waals surface area contributed by atoms with E-state index in [-0.39, 0.29) is 11.6 Å². The van der Waals surface area contributed by atoms with Gasteiger partial charge in [0.15, 0.2) is 0 Å². The minimum absolute atomic E-state index is 0.0275. The molecule has 1 unspecified atom stereocenters. The second-order valence-electron chi connectivity index (χ2n) is 6.30. The van der Waals surface area contributed by atoms with Crippen LogP contribution in [0.25, 0.3) is 0 Å². The van der Waals surface area contributed by atoms with Gasteiger partial charge in [0.05, 0.1) is 11.8 Å². The van der Waals surface area contributed by atoms with Crippen LogP contribution in [0.3, 0.4) is 0 Å². The molecule has 1 heterocycles. The molecule has 1 fully saturated rings. The molecule has 1 saturated carbocycles. The van der Waals surface area contributed by atoms with Crippen LogP contribution in [0.15, 0.2) is 6.07 Å². The fraction of sp³-hybridized carbons (Fsp3) is 0.824. The molecular weight excluding hydrogens is 262 g/mol. The van der Waals surface area contributed by atoms with Crippen LogP contribution < -0.4 is 0 Å². The van der Waals surface area contributed by atoms with Gasteiger partial charge in [0.1, 0.15) is 0 Å². The molecule has 0 aromatic carbocycles. The Balaban J connectivity index is 2.21. The van der Waals surface area contributed by atoms with Gasteiger partial charge in [-0.15, -0.1) is 0 Å². The molecule has 120 valence electrons. The van der Waals surface area contributed by atoms with Gasteiger partial charge in [-0.3, -0.25) is 9.58 Å². The first-order valence-electron chi connectivity index (χ1n) is 8.53. The molecule has 1 N–H and O–H groups in total. The van der Waals surface area contributed by atoms with Crippen LogP contribution in [-0.2, 0) is 13.0 Å². The van der Waals surface area contributed by atoms with E-state index in [0.29, 0.717) is 6.42 Å². The number of hydrogen-bond donors (Lipinski definition) is 1. The Morgan fingerprint density at radius 3 is 2.43 bits per heavy atom. The molecule has 0 spiro atoms. The molecule has 0 saturated heterocycles. The van der Waals surface area contributed by atoms with Crippen molar-refractivity contribution in [1.82, 2.24) is 14.7 Å². The molecule has 0 amide bonds. The molecule has 1 atom stereocenters. The van der Waals surface area contributed by atoms with Gasteiger partial charge in [-0.25, -0.2) is 0 Å². The van der Waals surface area contributed by atoms with Crippen LogP contribution in [-0.4, -0.2) is 44.5 Å². The van der Waals surface area contributed by atoms with Crippen LogP contribution in [0.1, 0.15) is 57.8 Å². The summed E-state index contributed by atoms with van der Waals surface area (Å²) in [5.74, 6) is 0. The molecular formula is C17H31N3O. The summed E-state index contributed by atoms with van der Waals surface area (Å²) < 4.78 is 2.03. The summed E-state index contributed by atoms with van der Waals surface area (Å²) in [6.07, 6.45) is 5.12. The summed E-state index contributed by atoms with van der Waals surface area (Å²) in [5, 5.41) is 15.5. The van der Waals surface area contributed by atoms with E-state index in [1.807, 2.05) is 11.6 Å². The minimum atomic E-state index is -0.304. The zero-order valence-electron chi connectivity index (χ0n) is 14.1. The van der Waals surface area contributed by atoms with E-state index in [1.165, 1.54) is 18.5 Å². The number of nitrogens with zero attached hydrogens (tertiary/aromatic N) is 3. The lowest BCUT2D eigenvalue weighted by molar-refractivity contribution is -0.0253. The maximum absolute atomic E-state index is 11.0. The highest BCUT2D eigenvalue weighted by Gasteiger charge is 2.44. The van der Waals surface area contributed by atoms with Crippen molar-refractivity contribution in [3.05, 3.63) is 17.5 Å². The lowest BCUT2D eigenvalue weighted by Crippen LogP contribution is -2.55. The van der Waals surface area contributed by atoms with Gasteiger partial charge >= 0.3 is 0 Å². The first-order chi connectivity index (χ1) is 10.1. The van der Waals surface area contributed by atoms with Crippen molar-refractivity contribution in [2.45, 2.75) is 78.0 Å². The standard InChI is InChI=1S/C17H31N3O/c1-5-19(6-2)17(10-8-9-11-17)16(21)13-15-12-14(4)18-20(15)7-3/h12,16,21H,5-11,13H2,1-4H3. The van der Waals surface area contributed by atoms with E-state index >= 15 is 0 Å². The van der Waals surface area contributed by atoms with Gasteiger partial charge in [-0.2, -0.15) is 5.10 Å². The van der Waals surface area contributed by atoms with Crippen molar-refractivity contribution in [2.24, 2.45) is 0 Å². The van der Waals surface area contributed by atoms with Crippen LogP contribution >= 0.6 is 0 Å². The number of aromatic nitrogens is 2. The van der Waals surface area contributed by atoms with E-state index in [4.69, 9.17) is 0 Å². The number of hydrogen-bond acceptors (Lipinski definition) is 3. The fourth-order valence-electron chi connectivity index (χ4n) is 4.13. The smallest absolute Gasteiger partial charge is 0.0779 e. The van der Waals surface area contributed by atoms with Crippen LogP contribution in [0.2, 0.25) is 0 Å². The summed E-state index contributed by atoms with van der Waals surface area (Å²) >= 11 is 0. The third-order valence-electron chi connectivity index (χ3n) is 5.17. The second-order valence-corrected chi connectivity index (χ2v) is 6.30. The maximum Gasteiger partial charge on any atom is 0.0779 e. The Morgan fingerprint density at radius 1 is 1.29 bits per heavy atom. The number of aliphatic hydroxyl groups excluding tert-OH is 1. The summed E-state index contributed by atoms with van der Waals surface area (Å²) in [5.41, 5.74) is 2.18. The molecule has 0 radical (unpaired) electrons. The molecule has 2 rings (SSSR count). The van der Waals surface area contributed by atoms with Gasteiger partial charge in [0, 0.05) is 24.2 Å². The largest absolute Gasteiger partial charge is 0.391 e. The SMILES string of the molecule is CCN(CC)C1(C(O)Cc2cc(C)nn2CC)CCCC1. The monoisotopic (exact) mass is 293 g/mol. The fourth-order valence-corrected chi connectivity index (χ4v) is 4.13. The molecule has 21 heavy (non-hydrogen) atoms. The average Bonchev–Trinajstić information content (AvgIpc) is 3.08. The highest BCUT2D eigenvalue weighted by atomic mass is 16.3. The van der Waals surface area contributed by atoms with Crippen molar-refractivity contribution in [3.8, 4) is 0 Å². The van der Waals surface area contributed by atoms with Gasteiger partial charge in [-0.1, -0.05) is 26.7 Å². The van der Waals surface area contributed by atoms with Crippen molar-refractivity contribution in [2.75, 3.05) is 13.1 Å². The summed E-state index contributed by atoms with van der Waals surface area (Å²) in [6.45, 7) is 11.4. The number of aliphatic hydroxyl groups is 1. The molecule has 0 aliphatic heterocycles. The lowest BCUT2D eigenvalue weighted by Gasteiger charge is -2.44. The predicted molar refractivity (Wildman–Crippen MR) is 86.5 cm³/mol. The lowest BCUT2D eigenvalue weighted by atomic mass is 9.85. The van der Waals surface area contributed by atoms with Crippen LogP contribution in [0.5, 0.6) is 0 Å². The predicted octanol–water partition coefficient (Wildman–Crippen LogP) is 2.77. The summed E-state index contributed by atoms with van der Waals surface area (Å²) in [4.78, 5) is 2.48. The first-order valence-corrected chi connectivity index (χ1v) is 8.53. The molecule has 1 aliphatic rings. The van der Waals surface area contributed by atoms with Gasteiger partial charge in [0.25, 0.3) is 0 Å². The molecule has 1 aromatic heterocycles. The average molecular weight is 293 g/mol. The van der Waals surface area contributed by atoms with E-state index in [0.717, 1.165) is 38.2 Å². The summed E-state index contributed by atoms with van der Waals surface area (Å²) in [6, 6.07) is 2.12. The highest BCUT2D eigenvalue weighted by Crippen LogP contribution is 2.39. The van der Waals surface area contributed by atoms with Crippen molar-refractivity contribution < 1.29 is 5.11 Å². The Bertz CT molecular complexity index is 445. The van der Waals surface area contributed by atoms with Crippen LogP contribution in [0.4, 0.5) is 0 Å². The van der Waals surface area contributed by atoms with Crippen molar-refractivity contribution in [1.29, 1.82) is 0 Å². The Morgan fingerprint density at radius 2 is 1.90 bits per heavy atom. The third kappa shape index (κ3) is 3.16. The first kappa shape index (κ1) is 16.5. The van der Waals surface area contributed by atoms with Crippen molar-refractivity contribution in [3.63, 3.8) is 0 Å². The van der Waals surface area contributed by atoms with Gasteiger partial charge in [-0.05, 0) is 45.8 Å². The van der Waals surface area contributed by atoms with Gasteiger partial charge < -0.3 is 5.11 Å². The van der Waals surface area contributed by atoms with E-state index in [9.17, 15) is 5.11 Å². The minimum Gasteiger partial charge on any atom is -0.391 e. The molecule has 0 bridgehead atoms. The highest BCUT2D eigenvalue weighted by molar-refractivity contribution is 5.13. The maximum atomic E-state index is 11.0. The van der Waals surface area contributed by atoms with Gasteiger partial charge in [0.2, 0.25) is 0 Å². The zero-order valence-corrected chi connectivity index (χ0v) is 14.1. The number of aryl methyl sites for hydroxylation is 2. The quantitative estimate of drug-likeness (QED) is 0.840. The molecule has 1 aromatic rings. The third-order valence-corrected chi connectivity index (χ3v) is 5.17. The number of rotatable bonds is 7. The van der Waals surface area contributed by atoms with E-state index in [2.05, 4.69) is 36.8 Å². The van der Waals surface area contributed by atoms with Crippen molar-refractivity contribution >= 4 is 0 Å².